The molecule has 0 spiro atoms. The van der Waals surface area contributed by atoms with Crippen molar-refractivity contribution in [2.75, 3.05) is 19.6 Å². The third-order valence-corrected chi connectivity index (χ3v) is 4.48. The lowest BCUT2D eigenvalue weighted by molar-refractivity contribution is -0.143. The van der Waals surface area contributed by atoms with Crippen LogP contribution in [-0.4, -0.2) is 47.6 Å². The fraction of sp³-hybridized carbons (Fsp3) is 0.938. The lowest BCUT2D eigenvalue weighted by Crippen LogP contribution is -2.70. The summed E-state index contributed by atoms with van der Waals surface area (Å²) in [5, 5.41) is 7.07. The van der Waals surface area contributed by atoms with E-state index >= 15 is 0 Å². The van der Waals surface area contributed by atoms with Crippen LogP contribution in [0.2, 0.25) is 0 Å². The van der Waals surface area contributed by atoms with Crippen LogP contribution in [0.15, 0.2) is 0 Å². The third-order valence-electron chi connectivity index (χ3n) is 4.48. The van der Waals surface area contributed by atoms with Crippen LogP contribution in [0.5, 0.6) is 0 Å². The first kappa shape index (κ1) is 15.8. The normalized spacial score (nSPS) is 26.8. The fourth-order valence-corrected chi connectivity index (χ4v) is 3.77. The first-order valence-corrected chi connectivity index (χ1v) is 8.12. The van der Waals surface area contributed by atoms with Crippen molar-refractivity contribution < 1.29 is 4.79 Å². The van der Waals surface area contributed by atoms with Crippen molar-refractivity contribution in [1.29, 1.82) is 0 Å². The molecule has 0 aromatic carbocycles. The average Bonchev–Trinajstić information content (AvgIpc) is 2.35. The zero-order valence-electron chi connectivity index (χ0n) is 13.6. The predicted octanol–water partition coefficient (Wildman–Crippen LogP) is 1.90. The minimum absolute atomic E-state index is 0.0117. The van der Waals surface area contributed by atoms with Crippen molar-refractivity contribution in [1.82, 2.24) is 15.5 Å². The van der Waals surface area contributed by atoms with Crippen molar-refractivity contribution in [3.05, 3.63) is 0 Å². The molecule has 0 atom stereocenters. The number of nitrogens with one attached hydrogen (secondary N) is 2. The van der Waals surface area contributed by atoms with E-state index < -0.39 is 5.54 Å². The van der Waals surface area contributed by atoms with Gasteiger partial charge in [-0.2, -0.15) is 0 Å². The van der Waals surface area contributed by atoms with Gasteiger partial charge in [-0.25, -0.2) is 0 Å². The molecular weight excluding hydrogens is 250 g/mol. The number of amides is 1. The highest BCUT2D eigenvalue weighted by Gasteiger charge is 2.42. The lowest BCUT2D eigenvalue weighted by Gasteiger charge is -2.47. The molecule has 0 aromatic heterocycles. The maximum absolute atomic E-state index is 12.5. The molecule has 2 fully saturated rings. The molecule has 0 aromatic rings. The molecule has 4 heteroatoms. The Morgan fingerprint density at radius 1 is 1.20 bits per heavy atom. The Bertz CT molecular complexity index is 346. The van der Waals surface area contributed by atoms with E-state index in [2.05, 4.69) is 24.5 Å². The summed E-state index contributed by atoms with van der Waals surface area (Å²) in [6, 6.07) is 0.669. The van der Waals surface area contributed by atoms with E-state index in [1.54, 1.807) is 0 Å². The molecule has 1 heterocycles. The second kappa shape index (κ2) is 6.02. The van der Waals surface area contributed by atoms with Gasteiger partial charge < -0.3 is 10.2 Å². The smallest absolute Gasteiger partial charge is 0.242 e. The lowest BCUT2D eigenvalue weighted by atomic mass is 9.90. The Labute approximate surface area is 123 Å². The van der Waals surface area contributed by atoms with E-state index in [1.165, 1.54) is 32.1 Å². The summed E-state index contributed by atoms with van der Waals surface area (Å²) in [6.07, 6.45) is 6.68. The highest BCUT2D eigenvalue weighted by atomic mass is 16.2. The van der Waals surface area contributed by atoms with Crippen LogP contribution in [0.1, 0.15) is 59.8 Å². The zero-order chi connectivity index (χ0) is 14.8. The van der Waals surface area contributed by atoms with Gasteiger partial charge in [0.2, 0.25) is 5.91 Å². The Balaban J connectivity index is 1.83. The van der Waals surface area contributed by atoms with Gasteiger partial charge in [-0.1, -0.05) is 19.3 Å². The van der Waals surface area contributed by atoms with Gasteiger partial charge in [0.1, 0.15) is 0 Å². The molecule has 0 unspecified atom stereocenters. The molecule has 4 nitrogen and oxygen atoms in total. The summed E-state index contributed by atoms with van der Waals surface area (Å²) >= 11 is 0. The molecule has 20 heavy (non-hydrogen) atoms. The minimum atomic E-state index is -0.452. The molecule has 1 aliphatic heterocycles. The molecular formula is C16H31N3O. The maximum Gasteiger partial charge on any atom is 0.242 e. The van der Waals surface area contributed by atoms with Crippen molar-refractivity contribution >= 4 is 5.91 Å². The topological polar surface area (TPSA) is 44.4 Å². The Kier molecular flexibility index (Phi) is 4.75. The van der Waals surface area contributed by atoms with Crippen molar-refractivity contribution in [3.8, 4) is 0 Å². The van der Waals surface area contributed by atoms with Gasteiger partial charge in [-0.3, -0.25) is 10.1 Å². The number of carbonyl (C=O) groups is 1. The van der Waals surface area contributed by atoms with E-state index in [0.29, 0.717) is 6.04 Å². The Morgan fingerprint density at radius 2 is 1.85 bits per heavy atom. The minimum Gasteiger partial charge on any atom is -0.338 e. The van der Waals surface area contributed by atoms with Crippen molar-refractivity contribution in [3.63, 3.8) is 0 Å². The first-order chi connectivity index (χ1) is 9.30. The Hall–Kier alpha value is -0.610. The van der Waals surface area contributed by atoms with Crippen LogP contribution in [0.25, 0.3) is 0 Å². The van der Waals surface area contributed by atoms with Crippen LogP contribution >= 0.6 is 0 Å². The fourth-order valence-electron chi connectivity index (χ4n) is 3.77. The van der Waals surface area contributed by atoms with E-state index in [0.717, 1.165) is 19.6 Å². The van der Waals surface area contributed by atoms with Crippen LogP contribution in [0.4, 0.5) is 0 Å². The highest BCUT2D eigenvalue weighted by molar-refractivity contribution is 5.86. The van der Waals surface area contributed by atoms with E-state index in [4.69, 9.17) is 0 Å². The molecule has 1 saturated heterocycles. The molecule has 0 radical (unpaired) electrons. The summed E-state index contributed by atoms with van der Waals surface area (Å²) in [5.41, 5.74) is -0.463. The summed E-state index contributed by atoms with van der Waals surface area (Å²) in [5.74, 6) is 0.224. The average molecular weight is 281 g/mol. The summed E-state index contributed by atoms with van der Waals surface area (Å²) < 4.78 is 0. The molecule has 1 amide bonds. The second-order valence-electron chi connectivity index (χ2n) is 7.65. The molecule has 2 N–H and O–H groups in total. The van der Waals surface area contributed by atoms with Crippen LogP contribution < -0.4 is 10.6 Å². The van der Waals surface area contributed by atoms with E-state index in [9.17, 15) is 4.79 Å². The van der Waals surface area contributed by atoms with Gasteiger partial charge in [0, 0.05) is 31.2 Å². The molecule has 0 bridgehead atoms. The molecule has 2 aliphatic rings. The van der Waals surface area contributed by atoms with Gasteiger partial charge >= 0.3 is 0 Å². The van der Waals surface area contributed by atoms with Crippen molar-refractivity contribution in [2.24, 2.45) is 0 Å². The van der Waals surface area contributed by atoms with E-state index in [-0.39, 0.29) is 11.4 Å². The molecule has 1 aliphatic carbocycles. The quantitative estimate of drug-likeness (QED) is 0.827. The van der Waals surface area contributed by atoms with Crippen LogP contribution in [0.3, 0.4) is 0 Å². The maximum atomic E-state index is 12.5. The van der Waals surface area contributed by atoms with Gasteiger partial charge in [-0.15, -0.1) is 0 Å². The Morgan fingerprint density at radius 3 is 2.50 bits per heavy atom. The summed E-state index contributed by atoms with van der Waals surface area (Å²) in [6.45, 7) is 10.8. The zero-order valence-corrected chi connectivity index (χ0v) is 13.6. The van der Waals surface area contributed by atoms with Crippen LogP contribution in [-0.2, 0) is 4.79 Å². The SMILES string of the molecule is CC1(C)CN(CCNC2CCCCC2)C(=O)C(C)(C)N1. The van der Waals surface area contributed by atoms with E-state index in [1.807, 2.05) is 18.7 Å². The summed E-state index contributed by atoms with van der Waals surface area (Å²) in [7, 11) is 0. The summed E-state index contributed by atoms with van der Waals surface area (Å²) in [4.78, 5) is 14.5. The van der Waals surface area contributed by atoms with Gasteiger partial charge in [0.25, 0.3) is 0 Å². The number of rotatable bonds is 4. The second-order valence-corrected chi connectivity index (χ2v) is 7.65. The van der Waals surface area contributed by atoms with Crippen molar-refractivity contribution in [2.45, 2.75) is 76.9 Å². The molecule has 2 rings (SSSR count). The predicted molar refractivity (Wildman–Crippen MR) is 82.7 cm³/mol. The number of carbonyl (C=O) groups excluding carboxylic acids is 1. The van der Waals surface area contributed by atoms with Gasteiger partial charge in [0.15, 0.2) is 0 Å². The largest absolute Gasteiger partial charge is 0.338 e. The number of hydrogen-bond acceptors (Lipinski definition) is 3. The standard InChI is InChI=1S/C16H31N3O/c1-15(2)12-19(14(20)16(3,4)18-15)11-10-17-13-8-6-5-7-9-13/h13,17-18H,5-12H2,1-4H3. The monoisotopic (exact) mass is 281 g/mol. The molecule has 116 valence electrons. The molecule has 1 saturated carbocycles. The van der Waals surface area contributed by atoms with Crippen LogP contribution in [0, 0.1) is 0 Å². The number of hydrogen-bond donors (Lipinski definition) is 2. The number of nitrogens with zero attached hydrogens (tertiary/aromatic N) is 1. The third kappa shape index (κ3) is 3.95. The first-order valence-electron chi connectivity index (χ1n) is 8.12. The number of piperazine rings is 1. The van der Waals surface area contributed by atoms with Gasteiger partial charge in [0.05, 0.1) is 5.54 Å². The highest BCUT2D eigenvalue weighted by Crippen LogP contribution is 2.22. The van der Waals surface area contributed by atoms with Gasteiger partial charge in [-0.05, 0) is 40.5 Å².